The molecule has 0 saturated carbocycles. The van der Waals surface area contributed by atoms with Crippen LogP contribution in [0.4, 0.5) is 13.2 Å². The number of aliphatic hydroxyl groups is 1. The highest BCUT2D eigenvalue weighted by atomic mass is 19.3. The largest absolute Gasteiger partial charge is 0.507 e. The predicted molar refractivity (Wildman–Crippen MR) is 52.4 cm³/mol. The SMILES string of the molecule is O=C(NCC(O)C(F)F)c1c(O)cccc1F. The lowest BCUT2D eigenvalue weighted by molar-refractivity contribution is -0.00273. The second kappa shape index (κ2) is 5.53. The first-order chi connectivity index (χ1) is 7.93. The van der Waals surface area contributed by atoms with Gasteiger partial charge in [0.1, 0.15) is 23.2 Å². The summed E-state index contributed by atoms with van der Waals surface area (Å²) < 4.78 is 37.0. The minimum atomic E-state index is -3.01. The Hall–Kier alpha value is -1.76. The zero-order valence-electron chi connectivity index (χ0n) is 8.53. The van der Waals surface area contributed by atoms with Crippen molar-refractivity contribution >= 4 is 5.91 Å². The number of phenols is 1. The van der Waals surface area contributed by atoms with Crippen LogP contribution in [0.1, 0.15) is 10.4 Å². The standard InChI is InChI=1S/C10H10F3NO3/c11-5-2-1-3-6(15)8(5)10(17)14-4-7(16)9(12)13/h1-3,7,9,15-16H,4H2,(H,14,17). The molecule has 1 unspecified atom stereocenters. The Morgan fingerprint density at radius 1 is 1.41 bits per heavy atom. The van der Waals surface area contributed by atoms with E-state index in [0.29, 0.717) is 0 Å². The van der Waals surface area contributed by atoms with Crippen molar-refractivity contribution in [2.75, 3.05) is 6.54 Å². The van der Waals surface area contributed by atoms with E-state index in [4.69, 9.17) is 5.11 Å². The molecule has 0 saturated heterocycles. The van der Waals surface area contributed by atoms with Gasteiger partial charge in [0.15, 0.2) is 0 Å². The van der Waals surface area contributed by atoms with Crippen molar-refractivity contribution in [3.05, 3.63) is 29.6 Å². The summed E-state index contributed by atoms with van der Waals surface area (Å²) in [5, 5.41) is 19.9. The fourth-order valence-corrected chi connectivity index (χ4v) is 1.11. The summed E-state index contributed by atoms with van der Waals surface area (Å²) in [4.78, 5) is 11.3. The van der Waals surface area contributed by atoms with Gasteiger partial charge >= 0.3 is 0 Å². The van der Waals surface area contributed by atoms with Crippen LogP contribution in [-0.2, 0) is 0 Å². The molecule has 94 valence electrons. The van der Waals surface area contributed by atoms with E-state index in [1.807, 2.05) is 5.32 Å². The molecule has 0 radical (unpaired) electrons. The Bertz CT molecular complexity index is 392. The van der Waals surface area contributed by atoms with E-state index < -0.39 is 42.1 Å². The summed E-state index contributed by atoms with van der Waals surface area (Å²) in [6.45, 7) is -0.732. The summed E-state index contributed by atoms with van der Waals surface area (Å²) in [6.07, 6.45) is -5.04. The number of carbonyl (C=O) groups excluding carboxylic acids is 1. The number of hydrogen-bond donors (Lipinski definition) is 3. The Balaban J connectivity index is 2.71. The van der Waals surface area contributed by atoms with Crippen LogP contribution in [0, 0.1) is 5.82 Å². The molecule has 0 aliphatic heterocycles. The van der Waals surface area contributed by atoms with Gasteiger partial charge in [0.05, 0.1) is 0 Å². The molecule has 0 fully saturated rings. The predicted octanol–water partition coefficient (Wildman–Crippen LogP) is 0.887. The highest BCUT2D eigenvalue weighted by Gasteiger charge is 2.20. The average molecular weight is 249 g/mol. The third kappa shape index (κ3) is 3.35. The number of alkyl halides is 2. The maximum Gasteiger partial charge on any atom is 0.265 e. The van der Waals surface area contributed by atoms with Gasteiger partial charge in [-0.25, -0.2) is 13.2 Å². The molecule has 0 bridgehead atoms. The van der Waals surface area contributed by atoms with Gasteiger partial charge in [-0.1, -0.05) is 6.07 Å². The Labute approximate surface area is 94.7 Å². The lowest BCUT2D eigenvalue weighted by atomic mass is 10.1. The number of halogens is 3. The second-order valence-corrected chi connectivity index (χ2v) is 3.25. The number of benzene rings is 1. The van der Waals surface area contributed by atoms with Gasteiger partial charge in [-0.05, 0) is 12.1 Å². The molecule has 0 aromatic heterocycles. The first kappa shape index (κ1) is 13.3. The van der Waals surface area contributed by atoms with Gasteiger partial charge < -0.3 is 15.5 Å². The number of carbonyl (C=O) groups is 1. The zero-order chi connectivity index (χ0) is 13.0. The van der Waals surface area contributed by atoms with Crippen LogP contribution in [0.15, 0.2) is 18.2 Å². The number of nitrogens with one attached hydrogen (secondary N) is 1. The average Bonchev–Trinajstić information content (AvgIpc) is 2.25. The van der Waals surface area contributed by atoms with E-state index in [-0.39, 0.29) is 0 Å². The molecular formula is C10H10F3NO3. The van der Waals surface area contributed by atoms with E-state index >= 15 is 0 Å². The van der Waals surface area contributed by atoms with Crippen molar-refractivity contribution in [3.8, 4) is 5.75 Å². The molecule has 1 rings (SSSR count). The van der Waals surface area contributed by atoms with Crippen LogP contribution in [-0.4, -0.2) is 35.2 Å². The number of hydrogen-bond acceptors (Lipinski definition) is 3. The van der Waals surface area contributed by atoms with Crippen molar-refractivity contribution in [2.24, 2.45) is 0 Å². The molecule has 1 amide bonds. The fraction of sp³-hybridized carbons (Fsp3) is 0.300. The Morgan fingerprint density at radius 2 is 2.06 bits per heavy atom. The third-order valence-electron chi connectivity index (χ3n) is 1.98. The lowest BCUT2D eigenvalue weighted by Crippen LogP contribution is -2.36. The first-order valence-corrected chi connectivity index (χ1v) is 4.65. The highest BCUT2D eigenvalue weighted by molar-refractivity contribution is 5.97. The van der Waals surface area contributed by atoms with Crippen molar-refractivity contribution < 1.29 is 28.2 Å². The molecule has 0 aliphatic carbocycles. The smallest absolute Gasteiger partial charge is 0.265 e. The summed E-state index contributed by atoms with van der Waals surface area (Å²) in [7, 11) is 0. The molecule has 4 nitrogen and oxygen atoms in total. The molecular weight excluding hydrogens is 239 g/mol. The van der Waals surface area contributed by atoms with E-state index in [1.165, 1.54) is 6.07 Å². The Kier molecular flexibility index (Phi) is 4.33. The molecule has 17 heavy (non-hydrogen) atoms. The lowest BCUT2D eigenvalue weighted by Gasteiger charge is -2.11. The third-order valence-corrected chi connectivity index (χ3v) is 1.98. The van der Waals surface area contributed by atoms with E-state index in [2.05, 4.69) is 0 Å². The van der Waals surface area contributed by atoms with Gasteiger partial charge in [0.25, 0.3) is 12.3 Å². The quantitative estimate of drug-likeness (QED) is 0.742. The summed E-state index contributed by atoms with van der Waals surface area (Å²) in [5.74, 6) is -2.65. The minimum absolute atomic E-state index is 0.603. The Morgan fingerprint density at radius 3 is 2.59 bits per heavy atom. The van der Waals surface area contributed by atoms with E-state index in [1.54, 1.807) is 0 Å². The minimum Gasteiger partial charge on any atom is -0.507 e. The van der Waals surface area contributed by atoms with Crippen LogP contribution in [0.25, 0.3) is 0 Å². The number of aliphatic hydroxyl groups excluding tert-OH is 1. The van der Waals surface area contributed by atoms with Crippen molar-refractivity contribution in [1.29, 1.82) is 0 Å². The molecule has 3 N–H and O–H groups in total. The molecule has 1 atom stereocenters. The summed E-state index contributed by atoms with van der Waals surface area (Å²) in [5.41, 5.74) is -0.644. The molecule has 7 heteroatoms. The normalized spacial score (nSPS) is 12.5. The fourth-order valence-electron chi connectivity index (χ4n) is 1.11. The van der Waals surface area contributed by atoms with Gasteiger partial charge in [0.2, 0.25) is 0 Å². The second-order valence-electron chi connectivity index (χ2n) is 3.25. The molecule has 0 heterocycles. The van der Waals surface area contributed by atoms with Crippen LogP contribution < -0.4 is 5.32 Å². The van der Waals surface area contributed by atoms with Crippen molar-refractivity contribution in [3.63, 3.8) is 0 Å². The number of aromatic hydroxyl groups is 1. The van der Waals surface area contributed by atoms with Crippen molar-refractivity contribution in [1.82, 2.24) is 5.32 Å². The van der Waals surface area contributed by atoms with E-state index in [0.717, 1.165) is 12.1 Å². The molecule has 1 aromatic rings. The molecule has 0 aliphatic rings. The zero-order valence-corrected chi connectivity index (χ0v) is 8.53. The number of phenolic OH excluding ortho intramolecular Hbond substituents is 1. The molecule has 0 spiro atoms. The maximum absolute atomic E-state index is 13.2. The van der Waals surface area contributed by atoms with Crippen LogP contribution in [0.3, 0.4) is 0 Å². The maximum atomic E-state index is 13.2. The van der Waals surface area contributed by atoms with Gasteiger partial charge in [-0.3, -0.25) is 4.79 Å². The first-order valence-electron chi connectivity index (χ1n) is 4.65. The topological polar surface area (TPSA) is 69.6 Å². The van der Waals surface area contributed by atoms with Gasteiger partial charge in [-0.2, -0.15) is 0 Å². The monoisotopic (exact) mass is 249 g/mol. The van der Waals surface area contributed by atoms with Gasteiger partial charge in [0, 0.05) is 6.54 Å². The summed E-state index contributed by atoms with van der Waals surface area (Å²) in [6, 6.07) is 3.22. The number of rotatable bonds is 4. The van der Waals surface area contributed by atoms with Crippen LogP contribution in [0.5, 0.6) is 5.75 Å². The molecule has 1 aromatic carbocycles. The van der Waals surface area contributed by atoms with Crippen LogP contribution in [0.2, 0.25) is 0 Å². The van der Waals surface area contributed by atoms with E-state index in [9.17, 15) is 23.1 Å². The van der Waals surface area contributed by atoms with Crippen molar-refractivity contribution in [2.45, 2.75) is 12.5 Å². The highest BCUT2D eigenvalue weighted by Crippen LogP contribution is 2.19. The summed E-state index contributed by atoms with van der Waals surface area (Å²) >= 11 is 0. The van der Waals surface area contributed by atoms with Gasteiger partial charge in [-0.15, -0.1) is 0 Å². The van der Waals surface area contributed by atoms with Crippen LogP contribution >= 0.6 is 0 Å². The number of amides is 1.